The molecule has 1 aromatic carbocycles. The maximum absolute atomic E-state index is 10.9. The Bertz CT molecular complexity index is 511. The third-order valence-corrected chi connectivity index (χ3v) is 5.33. The molecule has 126 valence electrons. The van der Waals surface area contributed by atoms with Crippen LogP contribution in [0.3, 0.4) is 0 Å². The average Bonchev–Trinajstić information content (AvgIpc) is 2.62. The molecule has 0 amide bonds. The molecule has 0 saturated heterocycles. The van der Waals surface area contributed by atoms with Gasteiger partial charge >= 0.3 is 0 Å². The molecule has 0 radical (unpaired) electrons. The number of hydroxylamine groups is 2. The first kappa shape index (κ1) is 16.5. The highest BCUT2D eigenvalue weighted by Crippen LogP contribution is 2.26. The summed E-state index contributed by atoms with van der Waals surface area (Å²) >= 11 is 0. The van der Waals surface area contributed by atoms with Gasteiger partial charge in [-0.3, -0.25) is 10.2 Å². The second kappa shape index (κ2) is 7.96. The van der Waals surface area contributed by atoms with Gasteiger partial charge < -0.3 is 0 Å². The molecule has 2 aliphatic carbocycles. The summed E-state index contributed by atoms with van der Waals surface area (Å²) in [6, 6.07) is 9.03. The summed E-state index contributed by atoms with van der Waals surface area (Å²) in [6.07, 6.45) is 12.1. The van der Waals surface area contributed by atoms with Crippen LogP contribution in [0.2, 0.25) is 0 Å². The van der Waals surface area contributed by atoms with Gasteiger partial charge in [-0.05, 0) is 32.6 Å². The van der Waals surface area contributed by atoms with Gasteiger partial charge in [0.1, 0.15) is 0 Å². The third-order valence-electron chi connectivity index (χ3n) is 5.33. The maximum Gasteiger partial charge on any atom is 0.155 e. The molecule has 1 N–H and O–H groups in total. The minimum Gasteiger partial charge on any atom is -0.287 e. The number of hydrogen-bond acceptors (Lipinski definition) is 2. The Morgan fingerprint density at radius 2 is 1.48 bits per heavy atom. The molecular formula is C20H30N2O. The number of amidine groups is 1. The summed E-state index contributed by atoms with van der Waals surface area (Å²) < 4.78 is 0. The molecule has 3 heteroatoms. The molecule has 2 saturated carbocycles. The minimum absolute atomic E-state index is 0.229. The number of nitrogens with zero attached hydrogens (tertiary/aromatic N) is 2. The molecule has 3 rings (SSSR count). The van der Waals surface area contributed by atoms with Crippen LogP contribution in [0.25, 0.3) is 0 Å². The topological polar surface area (TPSA) is 35.8 Å². The lowest BCUT2D eigenvalue weighted by Crippen LogP contribution is -2.40. The fraction of sp³-hybridized carbons (Fsp3) is 0.650. The van der Waals surface area contributed by atoms with Crippen LogP contribution in [0.5, 0.6) is 0 Å². The van der Waals surface area contributed by atoms with Gasteiger partial charge in [0, 0.05) is 5.56 Å². The van der Waals surface area contributed by atoms with Gasteiger partial charge in [-0.15, -0.1) is 0 Å². The van der Waals surface area contributed by atoms with Crippen molar-refractivity contribution in [3.05, 3.63) is 35.4 Å². The van der Waals surface area contributed by atoms with E-state index in [0.29, 0.717) is 6.04 Å². The van der Waals surface area contributed by atoms with Gasteiger partial charge in [-0.1, -0.05) is 68.4 Å². The van der Waals surface area contributed by atoms with Gasteiger partial charge in [-0.2, -0.15) is 0 Å². The molecule has 2 fully saturated rings. The van der Waals surface area contributed by atoms with E-state index in [-0.39, 0.29) is 6.04 Å². The summed E-state index contributed by atoms with van der Waals surface area (Å²) in [4.78, 5) is 5.00. The van der Waals surface area contributed by atoms with Crippen molar-refractivity contribution in [3.8, 4) is 0 Å². The zero-order chi connectivity index (χ0) is 16.1. The lowest BCUT2D eigenvalue weighted by atomic mass is 9.94. The van der Waals surface area contributed by atoms with Gasteiger partial charge in [-0.25, -0.2) is 5.06 Å². The van der Waals surface area contributed by atoms with Crippen LogP contribution in [-0.2, 0) is 0 Å². The normalized spacial score (nSPS) is 21.4. The van der Waals surface area contributed by atoms with Gasteiger partial charge in [0.25, 0.3) is 0 Å². The highest BCUT2D eigenvalue weighted by Gasteiger charge is 2.25. The molecule has 0 bridgehead atoms. The molecule has 0 aliphatic heterocycles. The maximum atomic E-state index is 10.9. The summed E-state index contributed by atoms with van der Waals surface area (Å²) in [5, 5.41) is 12.4. The van der Waals surface area contributed by atoms with Crippen LogP contribution < -0.4 is 0 Å². The van der Waals surface area contributed by atoms with E-state index < -0.39 is 0 Å². The molecule has 0 aromatic heterocycles. The predicted molar refractivity (Wildman–Crippen MR) is 95.1 cm³/mol. The van der Waals surface area contributed by atoms with Crippen molar-refractivity contribution < 1.29 is 5.21 Å². The van der Waals surface area contributed by atoms with Crippen molar-refractivity contribution >= 4 is 5.84 Å². The Morgan fingerprint density at radius 3 is 2.09 bits per heavy atom. The van der Waals surface area contributed by atoms with E-state index in [1.165, 1.54) is 49.2 Å². The Morgan fingerprint density at radius 1 is 0.913 bits per heavy atom. The number of aryl methyl sites for hydroxylation is 1. The number of aliphatic imine (C=N–C) groups is 1. The molecule has 0 spiro atoms. The highest BCUT2D eigenvalue weighted by molar-refractivity contribution is 5.98. The predicted octanol–water partition coefficient (Wildman–Crippen LogP) is 5.10. The molecule has 0 atom stereocenters. The Kier molecular flexibility index (Phi) is 5.71. The molecule has 1 aromatic rings. The average molecular weight is 314 g/mol. The first-order valence-electron chi connectivity index (χ1n) is 9.37. The minimum atomic E-state index is 0.229. The Hall–Kier alpha value is -1.35. The second-order valence-electron chi connectivity index (χ2n) is 7.25. The fourth-order valence-electron chi connectivity index (χ4n) is 3.85. The SMILES string of the molecule is Cc1ccc(C(=NC2CCCCC2)N(O)C2CCCCC2)cc1. The van der Waals surface area contributed by atoms with Crippen molar-refractivity contribution in [3.63, 3.8) is 0 Å². The number of rotatable bonds is 3. The van der Waals surface area contributed by atoms with Crippen LogP contribution in [0.1, 0.15) is 75.3 Å². The molecule has 23 heavy (non-hydrogen) atoms. The second-order valence-corrected chi connectivity index (χ2v) is 7.25. The van der Waals surface area contributed by atoms with E-state index in [9.17, 15) is 5.21 Å². The van der Waals surface area contributed by atoms with E-state index in [1.54, 1.807) is 0 Å². The van der Waals surface area contributed by atoms with Crippen LogP contribution in [0.4, 0.5) is 0 Å². The van der Waals surface area contributed by atoms with Gasteiger partial charge in [0.05, 0.1) is 12.1 Å². The fourth-order valence-corrected chi connectivity index (χ4v) is 3.85. The first-order valence-corrected chi connectivity index (χ1v) is 9.37. The van der Waals surface area contributed by atoms with Crippen molar-refractivity contribution in [2.45, 2.75) is 83.2 Å². The van der Waals surface area contributed by atoms with Crippen molar-refractivity contribution in [2.75, 3.05) is 0 Å². The largest absolute Gasteiger partial charge is 0.287 e. The monoisotopic (exact) mass is 314 g/mol. The van der Waals surface area contributed by atoms with Gasteiger partial charge in [0.2, 0.25) is 0 Å². The molecule has 2 aliphatic rings. The Labute approximate surface area is 140 Å². The first-order chi connectivity index (χ1) is 11.2. The zero-order valence-corrected chi connectivity index (χ0v) is 14.4. The van der Waals surface area contributed by atoms with Crippen molar-refractivity contribution in [1.82, 2.24) is 5.06 Å². The van der Waals surface area contributed by atoms with Crippen LogP contribution in [-0.4, -0.2) is 28.2 Å². The van der Waals surface area contributed by atoms with E-state index in [0.717, 1.165) is 37.1 Å². The smallest absolute Gasteiger partial charge is 0.155 e. The lowest BCUT2D eigenvalue weighted by Gasteiger charge is -2.32. The van der Waals surface area contributed by atoms with Crippen LogP contribution >= 0.6 is 0 Å². The summed E-state index contributed by atoms with van der Waals surface area (Å²) in [5.74, 6) is 0.795. The van der Waals surface area contributed by atoms with Gasteiger partial charge in [0.15, 0.2) is 5.84 Å². The lowest BCUT2D eigenvalue weighted by molar-refractivity contribution is -0.0639. The van der Waals surface area contributed by atoms with E-state index in [4.69, 9.17) is 4.99 Å². The quantitative estimate of drug-likeness (QED) is 0.479. The van der Waals surface area contributed by atoms with Crippen LogP contribution in [0, 0.1) is 6.92 Å². The molecular weight excluding hydrogens is 284 g/mol. The molecule has 0 heterocycles. The molecule has 0 unspecified atom stereocenters. The molecule has 3 nitrogen and oxygen atoms in total. The van der Waals surface area contributed by atoms with E-state index in [1.807, 2.05) is 0 Å². The van der Waals surface area contributed by atoms with Crippen LogP contribution in [0.15, 0.2) is 29.3 Å². The van der Waals surface area contributed by atoms with E-state index >= 15 is 0 Å². The summed E-state index contributed by atoms with van der Waals surface area (Å²) in [7, 11) is 0. The summed E-state index contributed by atoms with van der Waals surface area (Å²) in [5.41, 5.74) is 2.29. The Balaban J connectivity index is 1.85. The standard InChI is InChI=1S/C20H30N2O/c1-16-12-14-17(15-13-16)20(21-18-8-4-2-5-9-18)22(23)19-10-6-3-7-11-19/h12-15,18-19,23H,2-11H2,1H3. The number of hydrogen-bond donors (Lipinski definition) is 1. The van der Waals surface area contributed by atoms with Crippen molar-refractivity contribution in [2.24, 2.45) is 4.99 Å². The summed E-state index contributed by atoms with van der Waals surface area (Å²) in [6.45, 7) is 2.10. The van der Waals surface area contributed by atoms with Crippen molar-refractivity contribution in [1.29, 1.82) is 0 Å². The zero-order valence-electron chi connectivity index (χ0n) is 14.4. The third kappa shape index (κ3) is 4.35. The van der Waals surface area contributed by atoms with E-state index in [2.05, 4.69) is 31.2 Å². The highest BCUT2D eigenvalue weighted by atomic mass is 16.5. The number of benzene rings is 1.